The number of rotatable bonds is 8. The zero-order valence-electron chi connectivity index (χ0n) is 14.1. The summed E-state index contributed by atoms with van der Waals surface area (Å²) in [5.74, 6) is 0.690. The van der Waals surface area contributed by atoms with E-state index in [0.717, 1.165) is 11.3 Å². The number of benzene rings is 2. The molecule has 138 valence electrons. The van der Waals surface area contributed by atoms with Gasteiger partial charge in [0, 0.05) is 6.08 Å². The summed E-state index contributed by atoms with van der Waals surface area (Å²) in [6.07, 6.45) is 2.96. The van der Waals surface area contributed by atoms with Crippen LogP contribution in [-0.4, -0.2) is 34.7 Å². The van der Waals surface area contributed by atoms with Gasteiger partial charge in [-0.15, -0.1) is 0 Å². The van der Waals surface area contributed by atoms with Gasteiger partial charge >= 0.3 is 5.97 Å². The van der Waals surface area contributed by atoms with Gasteiger partial charge in [-0.05, 0) is 48.0 Å². The highest BCUT2D eigenvalue weighted by molar-refractivity contribution is 7.89. The van der Waals surface area contributed by atoms with Crippen molar-refractivity contribution in [1.82, 2.24) is 0 Å². The third kappa shape index (κ3) is 6.23. The summed E-state index contributed by atoms with van der Waals surface area (Å²) in [7, 11) is -2.15. The Balaban J connectivity index is 1.73. The van der Waals surface area contributed by atoms with Gasteiger partial charge < -0.3 is 14.2 Å². The number of esters is 1. The van der Waals surface area contributed by atoms with Crippen molar-refractivity contribution < 1.29 is 27.4 Å². The molecule has 0 radical (unpaired) electrons. The number of sulfonamides is 1. The summed E-state index contributed by atoms with van der Waals surface area (Å²) in [5.41, 5.74) is 0.842. The van der Waals surface area contributed by atoms with E-state index in [9.17, 15) is 13.2 Å². The van der Waals surface area contributed by atoms with E-state index in [1.807, 2.05) is 12.1 Å². The zero-order valence-corrected chi connectivity index (χ0v) is 14.9. The second-order valence-electron chi connectivity index (χ2n) is 5.14. The van der Waals surface area contributed by atoms with E-state index in [0.29, 0.717) is 5.75 Å². The molecule has 0 aliphatic heterocycles. The Hall–Kier alpha value is -2.84. The van der Waals surface area contributed by atoms with Crippen LogP contribution in [-0.2, 0) is 19.6 Å². The quantitative estimate of drug-likeness (QED) is 0.428. The molecule has 0 aromatic heterocycles. The van der Waals surface area contributed by atoms with Gasteiger partial charge in [0.05, 0.1) is 12.0 Å². The van der Waals surface area contributed by atoms with Crippen LogP contribution in [0.25, 0.3) is 6.08 Å². The Morgan fingerprint density at radius 2 is 1.62 bits per heavy atom. The number of primary sulfonamides is 1. The van der Waals surface area contributed by atoms with E-state index >= 15 is 0 Å². The van der Waals surface area contributed by atoms with Crippen LogP contribution < -0.4 is 14.6 Å². The molecule has 0 amide bonds. The first-order chi connectivity index (χ1) is 12.4. The molecule has 0 saturated carbocycles. The van der Waals surface area contributed by atoms with Gasteiger partial charge in [0.25, 0.3) is 0 Å². The van der Waals surface area contributed by atoms with E-state index < -0.39 is 16.0 Å². The third-order valence-corrected chi connectivity index (χ3v) is 4.21. The SMILES string of the molecule is COc1ccc(/C=C/C(=O)OCCOc2ccc(S(N)(=O)=O)cc2)cc1. The van der Waals surface area contributed by atoms with Crippen molar-refractivity contribution in [2.45, 2.75) is 4.90 Å². The number of ether oxygens (including phenoxy) is 3. The first kappa shape index (κ1) is 19.5. The molecule has 8 heteroatoms. The molecule has 0 fully saturated rings. The molecular formula is C18H19NO6S. The van der Waals surface area contributed by atoms with Crippen LogP contribution in [0, 0.1) is 0 Å². The first-order valence-corrected chi connectivity index (χ1v) is 9.17. The molecule has 2 N–H and O–H groups in total. The molecule has 0 aliphatic carbocycles. The number of carbonyl (C=O) groups excluding carboxylic acids is 1. The van der Waals surface area contributed by atoms with Crippen LogP contribution in [0.3, 0.4) is 0 Å². The van der Waals surface area contributed by atoms with Crippen molar-refractivity contribution in [2.24, 2.45) is 5.14 Å². The molecule has 7 nitrogen and oxygen atoms in total. The molecule has 2 aromatic rings. The maximum atomic E-state index is 11.6. The number of hydrogen-bond acceptors (Lipinski definition) is 6. The van der Waals surface area contributed by atoms with Crippen LogP contribution in [0.1, 0.15) is 5.56 Å². The molecule has 0 bridgehead atoms. The summed E-state index contributed by atoms with van der Waals surface area (Å²) in [6, 6.07) is 12.9. The van der Waals surface area contributed by atoms with Crippen LogP contribution in [0.4, 0.5) is 0 Å². The van der Waals surface area contributed by atoms with Gasteiger partial charge in [-0.3, -0.25) is 0 Å². The molecular weight excluding hydrogens is 358 g/mol. The maximum Gasteiger partial charge on any atom is 0.330 e. The Kier molecular flexibility index (Phi) is 6.76. The lowest BCUT2D eigenvalue weighted by Crippen LogP contribution is -2.12. The highest BCUT2D eigenvalue weighted by Crippen LogP contribution is 2.15. The first-order valence-electron chi connectivity index (χ1n) is 7.63. The third-order valence-electron chi connectivity index (χ3n) is 3.28. The fourth-order valence-electron chi connectivity index (χ4n) is 1.95. The molecule has 0 aliphatic rings. The van der Waals surface area contributed by atoms with Crippen molar-refractivity contribution in [1.29, 1.82) is 0 Å². The Bertz CT molecular complexity index is 858. The number of hydrogen-bond donors (Lipinski definition) is 1. The highest BCUT2D eigenvalue weighted by Gasteiger charge is 2.07. The lowest BCUT2D eigenvalue weighted by Gasteiger charge is -2.07. The van der Waals surface area contributed by atoms with Crippen LogP contribution in [0.5, 0.6) is 11.5 Å². The number of nitrogens with two attached hydrogens (primary N) is 1. The largest absolute Gasteiger partial charge is 0.497 e. The van der Waals surface area contributed by atoms with Crippen molar-refractivity contribution in [3.63, 3.8) is 0 Å². The number of methoxy groups -OCH3 is 1. The van der Waals surface area contributed by atoms with Crippen LogP contribution in [0.15, 0.2) is 59.5 Å². The molecule has 26 heavy (non-hydrogen) atoms. The van der Waals surface area contributed by atoms with Gasteiger partial charge in [-0.1, -0.05) is 12.1 Å². The summed E-state index contributed by atoms with van der Waals surface area (Å²) in [6.45, 7) is 0.194. The summed E-state index contributed by atoms with van der Waals surface area (Å²) < 4.78 is 37.7. The lowest BCUT2D eigenvalue weighted by molar-refractivity contribution is -0.138. The lowest BCUT2D eigenvalue weighted by atomic mass is 10.2. The van der Waals surface area contributed by atoms with Gasteiger partial charge in [-0.25, -0.2) is 18.4 Å². The van der Waals surface area contributed by atoms with E-state index in [-0.39, 0.29) is 18.1 Å². The maximum absolute atomic E-state index is 11.6. The van der Waals surface area contributed by atoms with Gasteiger partial charge in [-0.2, -0.15) is 0 Å². The normalized spacial score (nSPS) is 11.3. The fourth-order valence-corrected chi connectivity index (χ4v) is 2.47. The second-order valence-corrected chi connectivity index (χ2v) is 6.70. The summed E-state index contributed by atoms with van der Waals surface area (Å²) >= 11 is 0. The van der Waals surface area contributed by atoms with Gasteiger partial charge in [0.15, 0.2) is 0 Å². The Morgan fingerprint density at radius 3 is 2.19 bits per heavy atom. The van der Waals surface area contributed by atoms with Crippen molar-refractivity contribution >= 4 is 22.1 Å². The molecule has 0 heterocycles. The second kappa shape index (κ2) is 9.02. The summed E-state index contributed by atoms with van der Waals surface area (Å²) in [5, 5.41) is 5.01. The van der Waals surface area contributed by atoms with Crippen LogP contribution in [0.2, 0.25) is 0 Å². The minimum atomic E-state index is -3.73. The smallest absolute Gasteiger partial charge is 0.330 e. The average molecular weight is 377 g/mol. The van der Waals surface area contributed by atoms with Crippen molar-refractivity contribution in [2.75, 3.05) is 20.3 Å². The van der Waals surface area contributed by atoms with Crippen molar-refractivity contribution in [3.05, 3.63) is 60.2 Å². The molecule has 0 saturated heterocycles. The predicted molar refractivity (Wildman–Crippen MR) is 96.3 cm³/mol. The highest BCUT2D eigenvalue weighted by atomic mass is 32.2. The number of carbonyl (C=O) groups is 1. The van der Waals surface area contributed by atoms with E-state index in [1.54, 1.807) is 25.3 Å². The Labute approximate surface area is 152 Å². The average Bonchev–Trinajstić information content (AvgIpc) is 2.63. The summed E-state index contributed by atoms with van der Waals surface area (Å²) in [4.78, 5) is 11.6. The molecule has 0 unspecified atom stereocenters. The Morgan fingerprint density at radius 1 is 1.00 bits per heavy atom. The van der Waals surface area contributed by atoms with Gasteiger partial charge in [0.2, 0.25) is 10.0 Å². The monoisotopic (exact) mass is 377 g/mol. The standard InChI is InChI=1S/C18H19NO6S/c1-23-15-5-2-14(3-6-15)4-11-18(20)25-13-12-24-16-7-9-17(10-8-16)26(19,21)22/h2-11H,12-13H2,1H3,(H2,19,21,22)/b11-4+. The van der Waals surface area contributed by atoms with Gasteiger partial charge in [0.1, 0.15) is 24.7 Å². The zero-order chi connectivity index (χ0) is 19.0. The molecule has 0 spiro atoms. The van der Waals surface area contributed by atoms with E-state index in [4.69, 9.17) is 19.3 Å². The van der Waals surface area contributed by atoms with Crippen molar-refractivity contribution in [3.8, 4) is 11.5 Å². The topological polar surface area (TPSA) is 105 Å². The molecule has 2 rings (SSSR count). The van der Waals surface area contributed by atoms with Crippen LogP contribution >= 0.6 is 0 Å². The fraction of sp³-hybridized carbons (Fsp3) is 0.167. The minimum Gasteiger partial charge on any atom is -0.497 e. The minimum absolute atomic E-state index is 0.0000492. The molecule has 2 aromatic carbocycles. The van der Waals surface area contributed by atoms with E-state index in [2.05, 4.69) is 0 Å². The molecule has 0 atom stereocenters. The van der Waals surface area contributed by atoms with E-state index in [1.165, 1.54) is 30.3 Å². The predicted octanol–water partition coefficient (Wildman–Crippen LogP) is 1.98.